The first-order chi connectivity index (χ1) is 10.2. The third-order valence-corrected chi connectivity index (χ3v) is 4.24. The van der Waals surface area contributed by atoms with Gasteiger partial charge in [-0.2, -0.15) is 0 Å². The molecule has 0 unspecified atom stereocenters. The molecule has 4 nitrogen and oxygen atoms in total. The first kappa shape index (κ1) is 16.5. The van der Waals surface area contributed by atoms with Crippen LogP contribution in [0.4, 0.5) is 0 Å². The molecule has 0 bridgehead atoms. The van der Waals surface area contributed by atoms with Gasteiger partial charge in [-0.05, 0) is 26.7 Å². The second-order valence-electron chi connectivity index (χ2n) is 5.58. The van der Waals surface area contributed by atoms with Gasteiger partial charge in [0, 0.05) is 42.8 Å². The van der Waals surface area contributed by atoms with Gasteiger partial charge in [0.1, 0.15) is 5.75 Å². The summed E-state index contributed by atoms with van der Waals surface area (Å²) in [6, 6.07) is 0. The molecule has 1 fully saturated rings. The Morgan fingerprint density at radius 1 is 1.33 bits per heavy atom. The molecule has 0 amide bonds. The Kier molecular flexibility index (Phi) is 6.27. The zero-order chi connectivity index (χ0) is 15.2. The number of pyridine rings is 1. The van der Waals surface area contributed by atoms with Crippen molar-refractivity contribution in [3.8, 4) is 5.75 Å². The van der Waals surface area contributed by atoms with Crippen molar-refractivity contribution in [1.82, 2.24) is 9.88 Å². The summed E-state index contributed by atoms with van der Waals surface area (Å²) in [4.78, 5) is 7.01. The molecule has 1 aromatic rings. The van der Waals surface area contributed by atoms with Crippen molar-refractivity contribution in [1.29, 1.82) is 0 Å². The summed E-state index contributed by atoms with van der Waals surface area (Å²) in [5, 5.41) is 0. The molecule has 1 aliphatic heterocycles. The average Bonchev–Trinajstić information content (AvgIpc) is 2.50. The SMILES string of the molecule is COc1c(C)cnc(CN2CCC(OCCCl)CC2)c1C. The molecule has 1 saturated heterocycles. The third kappa shape index (κ3) is 4.31. The fourth-order valence-electron chi connectivity index (χ4n) is 2.89. The third-order valence-electron chi connectivity index (χ3n) is 4.09. The van der Waals surface area contributed by atoms with Gasteiger partial charge >= 0.3 is 0 Å². The van der Waals surface area contributed by atoms with Crippen molar-refractivity contribution in [2.75, 3.05) is 32.7 Å². The number of hydrogen-bond donors (Lipinski definition) is 0. The van der Waals surface area contributed by atoms with Gasteiger partial charge < -0.3 is 9.47 Å². The lowest BCUT2D eigenvalue weighted by Crippen LogP contribution is -2.37. The van der Waals surface area contributed by atoms with E-state index in [0.717, 1.165) is 55.0 Å². The van der Waals surface area contributed by atoms with E-state index in [0.29, 0.717) is 18.6 Å². The number of rotatable bonds is 6. The van der Waals surface area contributed by atoms with Crippen LogP contribution >= 0.6 is 11.6 Å². The topological polar surface area (TPSA) is 34.6 Å². The van der Waals surface area contributed by atoms with Gasteiger partial charge in [-0.25, -0.2) is 0 Å². The van der Waals surface area contributed by atoms with Crippen molar-refractivity contribution in [3.63, 3.8) is 0 Å². The molecule has 118 valence electrons. The summed E-state index contributed by atoms with van der Waals surface area (Å²) in [5.74, 6) is 1.53. The smallest absolute Gasteiger partial charge is 0.128 e. The van der Waals surface area contributed by atoms with E-state index in [2.05, 4.69) is 16.8 Å². The van der Waals surface area contributed by atoms with Crippen LogP contribution in [0, 0.1) is 13.8 Å². The van der Waals surface area contributed by atoms with E-state index in [9.17, 15) is 0 Å². The minimum absolute atomic E-state index is 0.363. The lowest BCUT2D eigenvalue weighted by atomic mass is 10.1. The van der Waals surface area contributed by atoms with Crippen LogP contribution in [0.15, 0.2) is 6.20 Å². The molecular weight excluding hydrogens is 288 g/mol. The number of aryl methyl sites for hydroxylation is 1. The summed E-state index contributed by atoms with van der Waals surface area (Å²) in [6.07, 6.45) is 4.40. The Bertz CT molecular complexity index is 460. The van der Waals surface area contributed by atoms with Crippen LogP contribution < -0.4 is 4.74 Å². The van der Waals surface area contributed by atoms with Crippen molar-refractivity contribution < 1.29 is 9.47 Å². The minimum atomic E-state index is 0.363. The van der Waals surface area contributed by atoms with Crippen LogP contribution in [0.5, 0.6) is 5.75 Å². The highest BCUT2D eigenvalue weighted by Crippen LogP contribution is 2.25. The zero-order valence-electron chi connectivity index (χ0n) is 13.2. The number of nitrogens with zero attached hydrogens (tertiary/aromatic N) is 2. The highest BCUT2D eigenvalue weighted by atomic mass is 35.5. The van der Waals surface area contributed by atoms with E-state index in [4.69, 9.17) is 21.1 Å². The number of alkyl halides is 1. The number of halogens is 1. The number of methoxy groups -OCH3 is 1. The fourth-order valence-corrected chi connectivity index (χ4v) is 2.98. The molecule has 1 aromatic heterocycles. The van der Waals surface area contributed by atoms with Crippen LogP contribution in [-0.4, -0.2) is 48.7 Å². The molecule has 0 radical (unpaired) electrons. The second kappa shape index (κ2) is 7.97. The molecule has 5 heteroatoms. The van der Waals surface area contributed by atoms with Gasteiger partial charge in [0.15, 0.2) is 0 Å². The number of ether oxygens (including phenoxy) is 2. The fraction of sp³-hybridized carbons (Fsp3) is 0.688. The van der Waals surface area contributed by atoms with E-state index in [1.807, 2.05) is 13.1 Å². The van der Waals surface area contributed by atoms with Gasteiger partial charge in [-0.15, -0.1) is 11.6 Å². The Labute approximate surface area is 132 Å². The summed E-state index contributed by atoms with van der Waals surface area (Å²) >= 11 is 5.66. The summed E-state index contributed by atoms with van der Waals surface area (Å²) in [7, 11) is 1.72. The normalized spacial score (nSPS) is 17.1. The quantitative estimate of drug-likeness (QED) is 0.757. The van der Waals surface area contributed by atoms with Crippen LogP contribution in [0.1, 0.15) is 29.7 Å². The first-order valence-electron chi connectivity index (χ1n) is 7.54. The van der Waals surface area contributed by atoms with Crippen LogP contribution in [0.25, 0.3) is 0 Å². The Balaban J connectivity index is 1.92. The Morgan fingerprint density at radius 3 is 2.67 bits per heavy atom. The molecule has 0 N–H and O–H groups in total. The van der Waals surface area contributed by atoms with E-state index < -0.39 is 0 Å². The van der Waals surface area contributed by atoms with Crippen molar-refractivity contribution in [2.45, 2.75) is 39.3 Å². The van der Waals surface area contributed by atoms with Gasteiger partial charge in [-0.3, -0.25) is 9.88 Å². The standard InChI is InChI=1S/C16H25ClN2O2/c1-12-10-18-15(13(2)16(12)20-3)11-19-7-4-14(5-8-19)21-9-6-17/h10,14H,4-9,11H2,1-3H3. The van der Waals surface area contributed by atoms with Crippen molar-refractivity contribution in [3.05, 3.63) is 23.0 Å². The van der Waals surface area contributed by atoms with Crippen molar-refractivity contribution >= 4 is 11.6 Å². The molecule has 0 aliphatic carbocycles. The monoisotopic (exact) mass is 312 g/mol. The number of aromatic nitrogens is 1. The molecular formula is C16H25ClN2O2. The predicted octanol–water partition coefficient (Wildman–Crippen LogP) is 2.93. The lowest BCUT2D eigenvalue weighted by Gasteiger charge is -2.32. The van der Waals surface area contributed by atoms with E-state index >= 15 is 0 Å². The molecule has 2 rings (SSSR count). The van der Waals surface area contributed by atoms with Crippen LogP contribution in [0.3, 0.4) is 0 Å². The Hall–Kier alpha value is -0.840. The predicted molar refractivity (Wildman–Crippen MR) is 85.2 cm³/mol. The second-order valence-corrected chi connectivity index (χ2v) is 5.96. The Morgan fingerprint density at radius 2 is 2.05 bits per heavy atom. The first-order valence-corrected chi connectivity index (χ1v) is 8.08. The summed E-state index contributed by atoms with van der Waals surface area (Å²) < 4.78 is 11.2. The molecule has 0 aromatic carbocycles. The molecule has 0 spiro atoms. The van der Waals surface area contributed by atoms with Gasteiger partial charge in [0.05, 0.1) is 25.5 Å². The maximum Gasteiger partial charge on any atom is 0.128 e. The van der Waals surface area contributed by atoms with E-state index in [1.165, 1.54) is 0 Å². The average molecular weight is 313 g/mol. The highest BCUT2D eigenvalue weighted by Gasteiger charge is 2.21. The number of hydrogen-bond acceptors (Lipinski definition) is 4. The molecule has 21 heavy (non-hydrogen) atoms. The minimum Gasteiger partial charge on any atom is -0.496 e. The molecule has 0 atom stereocenters. The zero-order valence-corrected chi connectivity index (χ0v) is 13.9. The van der Waals surface area contributed by atoms with Crippen LogP contribution in [0.2, 0.25) is 0 Å². The van der Waals surface area contributed by atoms with Gasteiger partial charge in [0.25, 0.3) is 0 Å². The lowest BCUT2D eigenvalue weighted by molar-refractivity contribution is 0.0131. The van der Waals surface area contributed by atoms with Gasteiger partial charge in [0.2, 0.25) is 0 Å². The van der Waals surface area contributed by atoms with Crippen molar-refractivity contribution in [2.24, 2.45) is 0 Å². The number of likely N-dealkylation sites (tertiary alicyclic amines) is 1. The van der Waals surface area contributed by atoms with Gasteiger partial charge in [-0.1, -0.05) is 0 Å². The summed E-state index contributed by atoms with van der Waals surface area (Å²) in [6.45, 7) is 7.74. The molecule has 0 saturated carbocycles. The number of piperidine rings is 1. The van der Waals surface area contributed by atoms with E-state index in [1.54, 1.807) is 7.11 Å². The maximum absolute atomic E-state index is 5.71. The van der Waals surface area contributed by atoms with E-state index in [-0.39, 0.29) is 0 Å². The van der Waals surface area contributed by atoms with Crippen LogP contribution in [-0.2, 0) is 11.3 Å². The largest absolute Gasteiger partial charge is 0.496 e. The highest BCUT2D eigenvalue weighted by molar-refractivity contribution is 6.17. The maximum atomic E-state index is 5.71. The molecule has 1 aliphatic rings. The molecule has 2 heterocycles. The summed E-state index contributed by atoms with van der Waals surface area (Å²) in [5.41, 5.74) is 3.35.